The van der Waals surface area contributed by atoms with E-state index in [-0.39, 0.29) is 12.1 Å². The lowest BCUT2D eigenvalue weighted by Gasteiger charge is -2.14. The zero-order valence-corrected chi connectivity index (χ0v) is 10.2. The summed E-state index contributed by atoms with van der Waals surface area (Å²) in [6, 6.07) is 4.23. The van der Waals surface area contributed by atoms with Crippen LogP contribution in [0.2, 0.25) is 0 Å². The predicted octanol–water partition coefficient (Wildman–Crippen LogP) is 2.53. The van der Waals surface area contributed by atoms with E-state index in [9.17, 15) is 0 Å². The van der Waals surface area contributed by atoms with Crippen molar-refractivity contribution in [2.45, 2.75) is 39.5 Å². The smallest absolute Gasteiger partial charge is 0.218 e. The summed E-state index contributed by atoms with van der Waals surface area (Å²) >= 11 is 0. The Bertz CT molecular complexity index is 336. The van der Waals surface area contributed by atoms with Gasteiger partial charge in [0, 0.05) is 24.3 Å². The highest BCUT2D eigenvalue weighted by Gasteiger charge is 2.06. The van der Waals surface area contributed by atoms with E-state index < -0.39 is 0 Å². The van der Waals surface area contributed by atoms with Crippen LogP contribution < -0.4 is 10.1 Å². The Morgan fingerprint density at radius 2 is 2.25 bits per heavy atom. The summed E-state index contributed by atoms with van der Waals surface area (Å²) in [6.07, 6.45) is 3.77. The largest absolute Gasteiger partial charge is 0.475 e. The number of hydrogen-bond donors (Lipinski definition) is 1. The quantitative estimate of drug-likeness (QED) is 0.748. The highest BCUT2D eigenvalue weighted by molar-refractivity contribution is 5.25. The van der Waals surface area contributed by atoms with Crippen LogP contribution in [0.3, 0.4) is 0 Å². The molecule has 0 spiro atoms. The van der Waals surface area contributed by atoms with Gasteiger partial charge in [0.25, 0.3) is 0 Å². The second kappa shape index (κ2) is 6.28. The monoisotopic (exact) mass is 220 g/mol. The minimum atomic E-state index is 0.144. The lowest BCUT2D eigenvalue weighted by molar-refractivity contribution is 0.229. The Hall–Kier alpha value is -1.35. The van der Waals surface area contributed by atoms with Crippen LogP contribution in [0.25, 0.3) is 0 Å². The molecule has 1 unspecified atom stereocenters. The Balaban J connectivity index is 2.67. The molecule has 3 nitrogen and oxygen atoms in total. The first-order chi connectivity index (χ1) is 7.63. The molecule has 16 heavy (non-hydrogen) atoms. The van der Waals surface area contributed by atoms with Crippen molar-refractivity contribution in [3.8, 4) is 5.88 Å². The Kier molecular flexibility index (Phi) is 4.99. The van der Waals surface area contributed by atoms with Crippen LogP contribution >= 0.6 is 0 Å². The van der Waals surface area contributed by atoms with Gasteiger partial charge in [-0.25, -0.2) is 4.98 Å². The van der Waals surface area contributed by atoms with Gasteiger partial charge >= 0.3 is 0 Å². The molecule has 1 heterocycles. The first kappa shape index (κ1) is 12.7. The van der Waals surface area contributed by atoms with Crippen LogP contribution in [0, 0.1) is 0 Å². The number of pyridine rings is 1. The van der Waals surface area contributed by atoms with Crippen molar-refractivity contribution in [3.63, 3.8) is 0 Å². The van der Waals surface area contributed by atoms with Crippen molar-refractivity contribution in [3.05, 3.63) is 36.5 Å². The van der Waals surface area contributed by atoms with Crippen LogP contribution in [-0.4, -0.2) is 17.1 Å². The fourth-order valence-corrected chi connectivity index (χ4v) is 1.24. The maximum atomic E-state index is 5.63. The van der Waals surface area contributed by atoms with Gasteiger partial charge in [0.1, 0.15) is 0 Å². The molecule has 1 aromatic heterocycles. The fraction of sp³-hybridized carbons (Fsp3) is 0.462. The molecule has 88 valence electrons. The predicted molar refractivity (Wildman–Crippen MR) is 66.5 cm³/mol. The van der Waals surface area contributed by atoms with Crippen LogP contribution in [0.5, 0.6) is 5.88 Å². The molecular weight excluding hydrogens is 200 g/mol. The van der Waals surface area contributed by atoms with Crippen molar-refractivity contribution in [2.75, 3.05) is 0 Å². The molecule has 3 heteroatoms. The van der Waals surface area contributed by atoms with Crippen molar-refractivity contribution in [2.24, 2.45) is 0 Å². The van der Waals surface area contributed by atoms with Gasteiger partial charge < -0.3 is 10.1 Å². The molecule has 0 aromatic carbocycles. The SMILES string of the molecule is C=CC(C)NCc1cccnc1OC(C)C. The molecule has 0 radical (unpaired) electrons. The van der Waals surface area contributed by atoms with E-state index in [1.54, 1.807) is 6.20 Å². The van der Waals surface area contributed by atoms with Gasteiger partial charge in [-0.1, -0.05) is 12.1 Å². The fourth-order valence-electron chi connectivity index (χ4n) is 1.24. The molecule has 1 N–H and O–H groups in total. The molecule has 1 aromatic rings. The van der Waals surface area contributed by atoms with E-state index in [0.29, 0.717) is 5.88 Å². The minimum absolute atomic E-state index is 0.144. The van der Waals surface area contributed by atoms with Crippen molar-refractivity contribution in [1.29, 1.82) is 0 Å². The van der Waals surface area contributed by atoms with Crippen LogP contribution in [0.1, 0.15) is 26.3 Å². The van der Waals surface area contributed by atoms with Crippen LogP contribution in [0.15, 0.2) is 31.0 Å². The van der Waals surface area contributed by atoms with Crippen molar-refractivity contribution >= 4 is 0 Å². The lowest BCUT2D eigenvalue weighted by Crippen LogP contribution is -2.23. The highest BCUT2D eigenvalue weighted by Crippen LogP contribution is 2.15. The van der Waals surface area contributed by atoms with Crippen LogP contribution in [-0.2, 0) is 6.54 Å². The maximum Gasteiger partial charge on any atom is 0.218 e. The van der Waals surface area contributed by atoms with Gasteiger partial charge in [0.15, 0.2) is 0 Å². The number of hydrogen-bond acceptors (Lipinski definition) is 3. The van der Waals surface area contributed by atoms with E-state index in [1.165, 1.54) is 0 Å². The van der Waals surface area contributed by atoms with Crippen LogP contribution in [0.4, 0.5) is 0 Å². The van der Waals surface area contributed by atoms with E-state index in [0.717, 1.165) is 12.1 Å². The minimum Gasteiger partial charge on any atom is -0.475 e. The topological polar surface area (TPSA) is 34.2 Å². The third-order valence-electron chi connectivity index (χ3n) is 2.17. The van der Waals surface area contributed by atoms with E-state index in [2.05, 4.69) is 23.8 Å². The molecule has 0 amide bonds. The average molecular weight is 220 g/mol. The summed E-state index contributed by atoms with van der Waals surface area (Å²) in [5.74, 6) is 0.710. The molecule has 1 rings (SSSR count). The number of nitrogens with one attached hydrogen (secondary N) is 1. The van der Waals surface area contributed by atoms with Gasteiger partial charge in [-0.15, -0.1) is 6.58 Å². The molecule has 0 saturated carbocycles. The molecular formula is C13H20N2O. The highest BCUT2D eigenvalue weighted by atomic mass is 16.5. The van der Waals surface area contributed by atoms with Crippen molar-refractivity contribution in [1.82, 2.24) is 10.3 Å². The zero-order chi connectivity index (χ0) is 12.0. The molecule has 0 aliphatic rings. The summed E-state index contributed by atoms with van der Waals surface area (Å²) in [7, 11) is 0. The second-order valence-corrected chi connectivity index (χ2v) is 4.04. The van der Waals surface area contributed by atoms with Crippen molar-refractivity contribution < 1.29 is 4.74 Å². The molecule has 0 aliphatic heterocycles. The molecule has 0 saturated heterocycles. The van der Waals surface area contributed by atoms with E-state index in [4.69, 9.17) is 4.74 Å². The Morgan fingerprint density at radius 3 is 2.88 bits per heavy atom. The number of rotatable bonds is 6. The van der Waals surface area contributed by atoms with Gasteiger partial charge in [0.05, 0.1) is 6.10 Å². The Labute approximate surface area is 97.5 Å². The summed E-state index contributed by atoms with van der Waals surface area (Å²) in [6.45, 7) is 10.5. The average Bonchev–Trinajstić information content (AvgIpc) is 2.26. The summed E-state index contributed by atoms with van der Waals surface area (Å²) in [5, 5.41) is 3.32. The van der Waals surface area contributed by atoms with Gasteiger partial charge in [-0.3, -0.25) is 0 Å². The first-order valence-corrected chi connectivity index (χ1v) is 5.60. The third-order valence-corrected chi connectivity index (χ3v) is 2.17. The zero-order valence-electron chi connectivity index (χ0n) is 10.2. The van der Waals surface area contributed by atoms with Gasteiger partial charge in [0.2, 0.25) is 5.88 Å². The summed E-state index contributed by atoms with van der Waals surface area (Å²) in [5.41, 5.74) is 1.07. The number of ether oxygens (including phenoxy) is 1. The molecule has 1 atom stereocenters. The molecule has 0 aliphatic carbocycles. The second-order valence-electron chi connectivity index (χ2n) is 4.04. The first-order valence-electron chi connectivity index (χ1n) is 5.60. The molecule has 0 fully saturated rings. The van der Waals surface area contributed by atoms with Gasteiger partial charge in [-0.05, 0) is 26.8 Å². The summed E-state index contributed by atoms with van der Waals surface area (Å²) < 4.78 is 5.63. The summed E-state index contributed by atoms with van der Waals surface area (Å²) in [4.78, 5) is 4.23. The Morgan fingerprint density at radius 1 is 1.50 bits per heavy atom. The number of nitrogens with zero attached hydrogens (tertiary/aromatic N) is 1. The van der Waals surface area contributed by atoms with E-state index in [1.807, 2.05) is 32.1 Å². The third kappa shape index (κ3) is 4.03. The maximum absolute atomic E-state index is 5.63. The van der Waals surface area contributed by atoms with Gasteiger partial charge in [-0.2, -0.15) is 0 Å². The standard InChI is InChI=1S/C13H20N2O/c1-5-11(4)15-9-12-7-6-8-14-13(12)16-10(2)3/h5-8,10-11,15H,1,9H2,2-4H3. The van der Waals surface area contributed by atoms with E-state index >= 15 is 0 Å². The molecule has 0 bridgehead atoms. The number of aromatic nitrogens is 1. The lowest BCUT2D eigenvalue weighted by atomic mass is 10.2. The normalized spacial score (nSPS) is 12.5.